The number of halogens is 3. The van der Waals surface area contributed by atoms with Gasteiger partial charge in [-0.1, -0.05) is 0 Å². The Balaban J connectivity index is 1.78. The normalized spacial score (nSPS) is 11.6. The Morgan fingerprint density at radius 3 is 2.77 bits per heavy atom. The minimum Gasteiger partial charge on any atom is -0.354 e. The lowest BCUT2D eigenvalue weighted by Gasteiger charge is -2.07. The number of nitrogens with one attached hydrogen (secondary N) is 1. The zero-order valence-corrected chi connectivity index (χ0v) is 12.0. The third-order valence-corrected chi connectivity index (χ3v) is 3.04. The van der Waals surface area contributed by atoms with Gasteiger partial charge in [0.25, 0.3) is 0 Å². The lowest BCUT2D eigenvalue weighted by atomic mass is 10.3. The molecule has 2 heterocycles. The first-order valence-corrected chi connectivity index (χ1v) is 6.70. The lowest BCUT2D eigenvalue weighted by Crippen LogP contribution is -2.29. The van der Waals surface area contributed by atoms with Gasteiger partial charge in [-0.3, -0.25) is 9.48 Å². The summed E-state index contributed by atoms with van der Waals surface area (Å²) in [6.45, 7) is 2.39. The molecule has 2 aromatic rings. The summed E-state index contributed by atoms with van der Waals surface area (Å²) in [7, 11) is 0. The molecule has 2 aromatic heterocycles. The molecule has 22 heavy (non-hydrogen) atoms. The van der Waals surface area contributed by atoms with Crippen LogP contribution in [0.5, 0.6) is 0 Å². The molecule has 0 aliphatic heterocycles. The highest BCUT2D eigenvalue weighted by molar-refractivity contribution is 5.75. The molecule has 0 bridgehead atoms. The Hall–Kier alpha value is -2.32. The van der Waals surface area contributed by atoms with Crippen LogP contribution in [0.2, 0.25) is 0 Å². The number of alkyl halides is 3. The quantitative estimate of drug-likeness (QED) is 0.824. The average Bonchev–Trinajstić information content (AvgIpc) is 3.05. The second-order valence-corrected chi connectivity index (χ2v) is 4.83. The van der Waals surface area contributed by atoms with Crippen LogP contribution < -0.4 is 5.32 Å². The number of hydrogen-bond donors (Lipinski definition) is 1. The van der Waals surface area contributed by atoms with Gasteiger partial charge in [-0.25, -0.2) is 4.98 Å². The summed E-state index contributed by atoms with van der Waals surface area (Å²) < 4.78 is 40.5. The summed E-state index contributed by atoms with van der Waals surface area (Å²) >= 11 is 0. The summed E-state index contributed by atoms with van der Waals surface area (Å²) in [6, 6.07) is 0.923. The van der Waals surface area contributed by atoms with Crippen molar-refractivity contribution in [3.8, 4) is 0 Å². The summed E-state index contributed by atoms with van der Waals surface area (Å²) in [4.78, 5) is 15.6. The number of carbonyl (C=O) groups is 1. The fourth-order valence-electron chi connectivity index (χ4n) is 1.91. The standard InChI is InChI=1S/C13H16F3N5O/c1-10-7-11(13(14,15)16)19-21(10)8-12(22)18-3-2-5-20-6-4-17-9-20/h4,6-7,9H,2-3,5,8H2,1H3,(H,18,22). The molecule has 9 heteroatoms. The van der Waals surface area contributed by atoms with Crippen molar-refractivity contribution in [2.24, 2.45) is 0 Å². The highest BCUT2D eigenvalue weighted by Gasteiger charge is 2.34. The van der Waals surface area contributed by atoms with Gasteiger partial charge in [0, 0.05) is 31.2 Å². The third kappa shape index (κ3) is 4.34. The zero-order chi connectivity index (χ0) is 16.2. The van der Waals surface area contributed by atoms with E-state index in [0.29, 0.717) is 25.2 Å². The molecule has 0 aliphatic carbocycles. The Morgan fingerprint density at radius 2 is 2.18 bits per heavy atom. The molecule has 0 unspecified atom stereocenters. The average molecular weight is 315 g/mol. The van der Waals surface area contributed by atoms with Crippen LogP contribution in [-0.4, -0.2) is 31.8 Å². The third-order valence-electron chi connectivity index (χ3n) is 3.04. The van der Waals surface area contributed by atoms with Crippen LogP contribution in [-0.2, 0) is 24.1 Å². The molecular formula is C13H16F3N5O. The second kappa shape index (κ2) is 6.63. The minimum atomic E-state index is -4.50. The number of carbonyl (C=O) groups excluding carboxylic acids is 1. The molecule has 0 fully saturated rings. The SMILES string of the molecule is Cc1cc(C(F)(F)F)nn1CC(=O)NCCCn1ccnc1. The topological polar surface area (TPSA) is 64.7 Å². The van der Waals surface area contributed by atoms with Gasteiger partial charge in [-0.05, 0) is 19.4 Å². The zero-order valence-electron chi connectivity index (χ0n) is 12.0. The lowest BCUT2D eigenvalue weighted by molar-refractivity contribution is -0.141. The molecule has 0 spiro atoms. The van der Waals surface area contributed by atoms with Crippen molar-refractivity contribution in [1.82, 2.24) is 24.6 Å². The first-order valence-electron chi connectivity index (χ1n) is 6.70. The maximum atomic E-state index is 12.5. The predicted molar refractivity (Wildman–Crippen MR) is 71.8 cm³/mol. The molecule has 0 saturated carbocycles. The summed E-state index contributed by atoms with van der Waals surface area (Å²) in [6.07, 6.45) is 1.35. The molecule has 1 amide bonds. The molecule has 120 valence electrons. The highest BCUT2D eigenvalue weighted by atomic mass is 19.4. The van der Waals surface area contributed by atoms with Crippen molar-refractivity contribution in [2.45, 2.75) is 32.6 Å². The maximum absolute atomic E-state index is 12.5. The Bertz CT molecular complexity index is 618. The van der Waals surface area contributed by atoms with Gasteiger partial charge < -0.3 is 9.88 Å². The van der Waals surface area contributed by atoms with Crippen molar-refractivity contribution >= 4 is 5.91 Å². The van der Waals surface area contributed by atoms with Crippen molar-refractivity contribution in [3.63, 3.8) is 0 Å². The van der Waals surface area contributed by atoms with Crippen LogP contribution >= 0.6 is 0 Å². The van der Waals surface area contributed by atoms with Crippen molar-refractivity contribution in [1.29, 1.82) is 0 Å². The van der Waals surface area contributed by atoms with Crippen LogP contribution in [0.1, 0.15) is 17.8 Å². The number of hydrogen-bond acceptors (Lipinski definition) is 3. The second-order valence-electron chi connectivity index (χ2n) is 4.83. The number of imidazole rings is 1. The molecular weight excluding hydrogens is 299 g/mol. The first kappa shape index (κ1) is 16.1. The molecule has 0 radical (unpaired) electrons. The van der Waals surface area contributed by atoms with Crippen molar-refractivity contribution in [3.05, 3.63) is 36.2 Å². The smallest absolute Gasteiger partial charge is 0.354 e. The monoisotopic (exact) mass is 315 g/mol. The van der Waals surface area contributed by atoms with E-state index in [-0.39, 0.29) is 12.5 Å². The summed E-state index contributed by atoms with van der Waals surface area (Å²) in [5.74, 6) is -0.370. The van der Waals surface area contributed by atoms with Gasteiger partial charge in [-0.15, -0.1) is 0 Å². The number of nitrogens with zero attached hydrogens (tertiary/aromatic N) is 4. The van der Waals surface area contributed by atoms with Crippen molar-refractivity contribution in [2.75, 3.05) is 6.54 Å². The van der Waals surface area contributed by atoms with E-state index in [4.69, 9.17) is 0 Å². The van der Waals surface area contributed by atoms with E-state index in [2.05, 4.69) is 15.4 Å². The molecule has 0 aromatic carbocycles. The number of rotatable bonds is 6. The Morgan fingerprint density at radius 1 is 1.41 bits per heavy atom. The predicted octanol–water partition coefficient (Wildman–Crippen LogP) is 1.61. The van der Waals surface area contributed by atoms with E-state index in [1.165, 1.54) is 6.92 Å². The van der Waals surface area contributed by atoms with Crippen LogP contribution in [0, 0.1) is 6.92 Å². The van der Waals surface area contributed by atoms with E-state index < -0.39 is 11.9 Å². The van der Waals surface area contributed by atoms with Gasteiger partial charge in [0.2, 0.25) is 5.91 Å². The van der Waals surface area contributed by atoms with E-state index in [1.54, 1.807) is 12.5 Å². The molecule has 2 rings (SSSR count). The Kier molecular flexibility index (Phi) is 4.84. The number of aryl methyl sites for hydroxylation is 2. The van der Waals surface area contributed by atoms with Gasteiger partial charge in [-0.2, -0.15) is 18.3 Å². The van der Waals surface area contributed by atoms with E-state index in [0.717, 1.165) is 10.7 Å². The van der Waals surface area contributed by atoms with Gasteiger partial charge >= 0.3 is 6.18 Å². The van der Waals surface area contributed by atoms with E-state index in [9.17, 15) is 18.0 Å². The van der Waals surface area contributed by atoms with Crippen LogP contribution in [0.25, 0.3) is 0 Å². The largest absolute Gasteiger partial charge is 0.435 e. The molecule has 0 saturated heterocycles. The fourth-order valence-corrected chi connectivity index (χ4v) is 1.91. The van der Waals surface area contributed by atoms with Crippen LogP contribution in [0.3, 0.4) is 0 Å². The maximum Gasteiger partial charge on any atom is 0.435 e. The molecule has 0 aliphatic rings. The van der Waals surface area contributed by atoms with Crippen LogP contribution in [0.4, 0.5) is 13.2 Å². The van der Waals surface area contributed by atoms with Gasteiger partial charge in [0.1, 0.15) is 6.54 Å². The highest BCUT2D eigenvalue weighted by Crippen LogP contribution is 2.28. The first-order chi connectivity index (χ1) is 10.4. The molecule has 0 atom stereocenters. The van der Waals surface area contributed by atoms with E-state index >= 15 is 0 Å². The fraction of sp³-hybridized carbons (Fsp3) is 0.462. The molecule has 1 N–H and O–H groups in total. The number of aromatic nitrogens is 4. The van der Waals surface area contributed by atoms with Gasteiger partial charge in [0.05, 0.1) is 6.33 Å². The van der Waals surface area contributed by atoms with Gasteiger partial charge in [0.15, 0.2) is 5.69 Å². The summed E-state index contributed by atoms with van der Waals surface area (Å²) in [5.41, 5.74) is -0.696. The summed E-state index contributed by atoms with van der Waals surface area (Å²) in [5, 5.41) is 6.06. The minimum absolute atomic E-state index is 0.229. The van der Waals surface area contributed by atoms with Crippen molar-refractivity contribution < 1.29 is 18.0 Å². The van der Waals surface area contributed by atoms with E-state index in [1.807, 2.05) is 10.8 Å². The molecule has 6 nitrogen and oxygen atoms in total. The number of amides is 1. The Labute approximate surface area is 124 Å². The van der Waals surface area contributed by atoms with Crippen LogP contribution in [0.15, 0.2) is 24.8 Å².